The predicted molar refractivity (Wildman–Crippen MR) is 82.0 cm³/mol. The largest absolute Gasteiger partial charge is 0.464 e. The zero-order valence-corrected chi connectivity index (χ0v) is 12.9. The van der Waals surface area contributed by atoms with E-state index in [1.165, 1.54) is 0 Å². The Kier molecular flexibility index (Phi) is 5.11. The van der Waals surface area contributed by atoms with Crippen LogP contribution in [0.5, 0.6) is 6.01 Å². The standard InChI is InChI=1S/C13H16BrN5O/c1-3-20-13-18-11(15-2)17-12(19-13)16-8-9-6-4-5-7-10(9)14/h4-7H,3,8H2,1-2H3,(H2,15,16,17,18,19). The maximum Gasteiger partial charge on any atom is 0.323 e. The van der Waals surface area contributed by atoms with Gasteiger partial charge in [-0.05, 0) is 18.6 Å². The molecule has 0 bridgehead atoms. The van der Waals surface area contributed by atoms with Crippen LogP contribution < -0.4 is 15.4 Å². The molecule has 0 aliphatic heterocycles. The first-order valence-corrected chi connectivity index (χ1v) is 7.06. The van der Waals surface area contributed by atoms with E-state index in [4.69, 9.17) is 4.74 Å². The molecule has 0 amide bonds. The Labute approximate surface area is 126 Å². The van der Waals surface area contributed by atoms with Crippen molar-refractivity contribution in [1.29, 1.82) is 0 Å². The van der Waals surface area contributed by atoms with Crippen molar-refractivity contribution in [1.82, 2.24) is 15.0 Å². The molecule has 20 heavy (non-hydrogen) atoms. The molecule has 1 aromatic heterocycles. The molecule has 0 aliphatic rings. The number of benzene rings is 1. The van der Waals surface area contributed by atoms with Gasteiger partial charge in [0.1, 0.15) is 0 Å². The summed E-state index contributed by atoms with van der Waals surface area (Å²) >= 11 is 3.51. The predicted octanol–water partition coefficient (Wildman–Crippen LogP) is 2.69. The van der Waals surface area contributed by atoms with Crippen LogP contribution in [0, 0.1) is 0 Å². The maximum absolute atomic E-state index is 5.31. The Balaban J connectivity index is 2.12. The molecule has 0 saturated carbocycles. The molecule has 1 aromatic carbocycles. The normalized spacial score (nSPS) is 10.2. The van der Waals surface area contributed by atoms with Crippen molar-refractivity contribution >= 4 is 27.8 Å². The third-order valence-electron chi connectivity index (χ3n) is 2.51. The summed E-state index contributed by atoms with van der Waals surface area (Å²) in [7, 11) is 1.75. The number of rotatable bonds is 6. The first kappa shape index (κ1) is 14.5. The molecule has 2 aromatic rings. The van der Waals surface area contributed by atoms with Gasteiger partial charge < -0.3 is 15.4 Å². The Hall–Kier alpha value is -1.89. The monoisotopic (exact) mass is 337 g/mol. The highest BCUT2D eigenvalue weighted by atomic mass is 79.9. The van der Waals surface area contributed by atoms with Crippen LogP contribution >= 0.6 is 15.9 Å². The highest BCUT2D eigenvalue weighted by Crippen LogP contribution is 2.17. The first-order valence-electron chi connectivity index (χ1n) is 6.26. The maximum atomic E-state index is 5.31. The highest BCUT2D eigenvalue weighted by Gasteiger charge is 2.06. The molecule has 0 spiro atoms. The van der Waals surface area contributed by atoms with Gasteiger partial charge in [-0.2, -0.15) is 15.0 Å². The van der Waals surface area contributed by atoms with E-state index < -0.39 is 0 Å². The average molecular weight is 338 g/mol. The van der Waals surface area contributed by atoms with Crippen molar-refractivity contribution in [2.24, 2.45) is 0 Å². The Bertz CT molecular complexity index is 578. The lowest BCUT2D eigenvalue weighted by Gasteiger charge is -2.09. The molecule has 2 rings (SSSR count). The molecule has 0 fully saturated rings. The smallest absolute Gasteiger partial charge is 0.323 e. The van der Waals surface area contributed by atoms with Crippen LogP contribution in [0.25, 0.3) is 0 Å². The van der Waals surface area contributed by atoms with E-state index in [9.17, 15) is 0 Å². The second kappa shape index (κ2) is 7.04. The molecule has 2 N–H and O–H groups in total. The Morgan fingerprint density at radius 3 is 2.60 bits per heavy atom. The first-order chi connectivity index (χ1) is 9.72. The molecule has 0 unspecified atom stereocenters. The number of halogens is 1. The van der Waals surface area contributed by atoms with E-state index in [2.05, 4.69) is 41.5 Å². The van der Waals surface area contributed by atoms with Gasteiger partial charge in [-0.3, -0.25) is 0 Å². The second-order valence-corrected chi connectivity index (χ2v) is 4.75. The van der Waals surface area contributed by atoms with Gasteiger partial charge in [-0.1, -0.05) is 34.1 Å². The quantitative estimate of drug-likeness (QED) is 0.844. The molecular weight excluding hydrogens is 322 g/mol. The lowest BCUT2D eigenvalue weighted by Crippen LogP contribution is -2.09. The SMILES string of the molecule is CCOc1nc(NC)nc(NCc2ccccc2Br)n1. The van der Waals surface area contributed by atoms with Crippen LogP contribution in [-0.4, -0.2) is 28.6 Å². The number of nitrogens with zero attached hydrogens (tertiary/aromatic N) is 3. The summed E-state index contributed by atoms with van der Waals surface area (Å²) in [5.41, 5.74) is 1.12. The minimum absolute atomic E-state index is 0.307. The minimum Gasteiger partial charge on any atom is -0.464 e. The van der Waals surface area contributed by atoms with Crippen molar-refractivity contribution in [3.63, 3.8) is 0 Å². The molecule has 1 heterocycles. The van der Waals surface area contributed by atoms with E-state index >= 15 is 0 Å². The molecule has 7 heteroatoms. The summed E-state index contributed by atoms with van der Waals surface area (Å²) in [6, 6.07) is 8.29. The summed E-state index contributed by atoms with van der Waals surface area (Å²) in [6.45, 7) is 3.01. The highest BCUT2D eigenvalue weighted by molar-refractivity contribution is 9.10. The summed E-state index contributed by atoms with van der Waals surface area (Å²) in [6.07, 6.45) is 0. The van der Waals surface area contributed by atoms with Gasteiger partial charge in [-0.25, -0.2) is 0 Å². The van der Waals surface area contributed by atoms with E-state index in [1.54, 1.807) is 7.05 Å². The van der Waals surface area contributed by atoms with Gasteiger partial charge in [-0.15, -0.1) is 0 Å². The molecule has 0 aliphatic carbocycles. The van der Waals surface area contributed by atoms with E-state index in [-0.39, 0.29) is 0 Å². The molecule has 0 atom stereocenters. The molecule has 0 radical (unpaired) electrons. The number of hydrogen-bond acceptors (Lipinski definition) is 6. The number of nitrogens with one attached hydrogen (secondary N) is 2. The summed E-state index contributed by atoms with van der Waals surface area (Å²) in [5.74, 6) is 0.946. The fourth-order valence-electron chi connectivity index (χ4n) is 1.56. The minimum atomic E-state index is 0.307. The third kappa shape index (κ3) is 3.80. The Morgan fingerprint density at radius 2 is 1.90 bits per heavy atom. The van der Waals surface area contributed by atoms with Gasteiger partial charge in [0.05, 0.1) is 6.61 Å². The van der Waals surface area contributed by atoms with Crippen LogP contribution in [-0.2, 0) is 6.54 Å². The number of aromatic nitrogens is 3. The van der Waals surface area contributed by atoms with Gasteiger partial charge in [0.25, 0.3) is 0 Å². The summed E-state index contributed by atoms with van der Waals surface area (Å²) in [5, 5.41) is 6.05. The molecule has 0 saturated heterocycles. The number of anilines is 2. The van der Waals surface area contributed by atoms with Crippen LogP contribution in [0.15, 0.2) is 28.7 Å². The Morgan fingerprint density at radius 1 is 1.15 bits per heavy atom. The van der Waals surface area contributed by atoms with Crippen molar-refractivity contribution in [2.45, 2.75) is 13.5 Å². The fourth-order valence-corrected chi connectivity index (χ4v) is 1.98. The lowest BCUT2D eigenvalue weighted by atomic mass is 10.2. The summed E-state index contributed by atoms with van der Waals surface area (Å²) < 4.78 is 6.36. The number of ether oxygens (including phenoxy) is 1. The zero-order valence-electron chi connectivity index (χ0n) is 11.4. The van der Waals surface area contributed by atoms with Gasteiger partial charge in [0.15, 0.2) is 0 Å². The van der Waals surface area contributed by atoms with Gasteiger partial charge in [0.2, 0.25) is 11.9 Å². The van der Waals surface area contributed by atoms with Crippen molar-refractivity contribution in [3.05, 3.63) is 34.3 Å². The van der Waals surface area contributed by atoms with Crippen LogP contribution in [0.4, 0.5) is 11.9 Å². The van der Waals surface area contributed by atoms with E-state index in [0.717, 1.165) is 10.0 Å². The van der Waals surface area contributed by atoms with Crippen molar-refractivity contribution in [3.8, 4) is 6.01 Å². The van der Waals surface area contributed by atoms with Crippen LogP contribution in [0.1, 0.15) is 12.5 Å². The topological polar surface area (TPSA) is 72.0 Å². The third-order valence-corrected chi connectivity index (χ3v) is 3.28. The zero-order chi connectivity index (χ0) is 14.4. The van der Waals surface area contributed by atoms with E-state index in [1.807, 2.05) is 31.2 Å². The fraction of sp³-hybridized carbons (Fsp3) is 0.308. The summed E-state index contributed by atoms with van der Waals surface area (Å²) in [4.78, 5) is 12.6. The molecular formula is C13H16BrN5O. The molecule has 106 valence electrons. The van der Waals surface area contributed by atoms with Gasteiger partial charge >= 0.3 is 6.01 Å². The van der Waals surface area contributed by atoms with Crippen LogP contribution in [0.2, 0.25) is 0 Å². The average Bonchev–Trinajstić information content (AvgIpc) is 2.46. The van der Waals surface area contributed by atoms with Crippen molar-refractivity contribution in [2.75, 3.05) is 24.3 Å². The molecule has 6 nitrogen and oxygen atoms in total. The van der Waals surface area contributed by atoms with Crippen molar-refractivity contribution < 1.29 is 4.74 Å². The second-order valence-electron chi connectivity index (χ2n) is 3.89. The number of hydrogen-bond donors (Lipinski definition) is 2. The van der Waals surface area contributed by atoms with Crippen LogP contribution in [0.3, 0.4) is 0 Å². The lowest BCUT2D eigenvalue weighted by molar-refractivity contribution is 0.312. The van der Waals surface area contributed by atoms with Gasteiger partial charge in [0, 0.05) is 18.1 Å². The van der Waals surface area contributed by atoms with E-state index in [0.29, 0.717) is 31.1 Å².